The van der Waals surface area contributed by atoms with Crippen molar-refractivity contribution in [3.05, 3.63) is 29.3 Å². The Bertz CT molecular complexity index is 419. The average Bonchev–Trinajstić information content (AvgIpc) is 2.25. The van der Waals surface area contributed by atoms with Crippen molar-refractivity contribution in [1.82, 2.24) is 0 Å². The van der Waals surface area contributed by atoms with Crippen LogP contribution in [0.15, 0.2) is 18.2 Å². The number of nitrogens with two attached hydrogens (primary N) is 1. The molecule has 94 valence electrons. The predicted octanol–water partition coefficient (Wildman–Crippen LogP) is 2.21. The van der Waals surface area contributed by atoms with Crippen LogP contribution in [0, 0.1) is 6.92 Å². The zero-order valence-corrected chi connectivity index (χ0v) is 11.4. The molecule has 0 saturated carbocycles. The van der Waals surface area contributed by atoms with Crippen LogP contribution in [0.25, 0.3) is 0 Å². The van der Waals surface area contributed by atoms with E-state index in [1.165, 1.54) is 5.56 Å². The molecule has 0 fully saturated rings. The number of rotatable bonds is 2. The van der Waals surface area contributed by atoms with Crippen molar-refractivity contribution < 1.29 is 4.79 Å². The van der Waals surface area contributed by atoms with Gasteiger partial charge in [0.15, 0.2) is 0 Å². The van der Waals surface area contributed by atoms with Crippen molar-refractivity contribution in [1.29, 1.82) is 0 Å². The summed E-state index contributed by atoms with van der Waals surface area (Å²) >= 11 is 0. The standard InChI is InChI=1S/C14H22N2O/c1-10-8-11(14(2,3)4)6-7-12(10)16(5)13(17)9-15/h6-8H,9,15H2,1-5H3. The number of likely N-dealkylation sites (N-methyl/N-ethyl adjacent to an activating group) is 1. The van der Waals surface area contributed by atoms with E-state index >= 15 is 0 Å². The zero-order chi connectivity index (χ0) is 13.2. The molecule has 0 aromatic heterocycles. The Morgan fingerprint density at radius 1 is 1.35 bits per heavy atom. The van der Waals surface area contributed by atoms with E-state index in [-0.39, 0.29) is 17.9 Å². The first kappa shape index (κ1) is 13.7. The number of anilines is 1. The number of carbonyl (C=O) groups excluding carboxylic acids is 1. The van der Waals surface area contributed by atoms with Crippen LogP contribution in [-0.2, 0) is 10.2 Å². The molecule has 0 saturated heterocycles. The van der Waals surface area contributed by atoms with Gasteiger partial charge in [0, 0.05) is 12.7 Å². The second-order valence-electron chi connectivity index (χ2n) is 5.41. The summed E-state index contributed by atoms with van der Waals surface area (Å²) in [4.78, 5) is 13.2. The maximum absolute atomic E-state index is 11.5. The fourth-order valence-electron chi connectivity index (χ4n) is 1.77. The third-order valence-electron chi connectivity index (χ3n) is 2.97. The first-order valence-corrected chi connectivity index (χ1v) is 5.85. The summed E-state index contributed by atoms with van der Waals surface area (Å²) < 4.78 is 0. The Hall–Kier alpha value is -1.35. The molecule has 0 unspecified atom stereocenters. The van der Waals surface area contributed by atoms with Crippen LogP contribution in [0.1, 0.15) is 31.9 Å². The van der Waals surface area contributed by atoms with Crippen LogP contribution in [0.2, 0.25) is 0 Å². The SMILES string of the molecule is Cc1cc(C(C)(C)C)ccc1N(C)C(=O)CN. The molecule has 2 N–H and O–H groups in total. The second-order valence-corrected chi connectivity index (χ2v) is 5.41. The van der Waals surface area contributed by atoms with Gasteiger partial charge in [-0.2, -0.15) is 0 Å². The molecule has 0 aliphatic carbocycles. The van der Waals surface area contributed by atoms with E-state index < -0.39 is 0 Å². The van der Waals surface area contributed by atoms with Gasteiger partial charge in [-0.25, -0.2) is 0 Å². The lowest BCUT2D eigenvalue weighted by Gasteiger charge is -2.23. The Morgan fingerprint density at radius 2 is 1.94 bits per heavy atom. The summed E-state index contributed by atoms with van der Waals surface area (Å²) in [6.45, 7) is 8.59. The van der Waals surface area contributed by atoms with Crippen molar-refractivity contribution in [2.45, 2.75) is 33.1 Å². The fraction of sp³-hybridized carbons (Fsp3) is 0.500. The normalized spacial score (nSPS) is 11.4. The summed E-state index contributed by atoms with van der Waals surface area (Å²) in [6, 6.07) is 6.20. The van der Waals surface area contributed by atoms with Crippen molar-refractivity contribution in [2.24, 2.45) is 5.73 Å². The molecule has 0 radical (unpaired) electrons. The minimum Gasteiger partial charge on any atom is -0.322 e. The van der Waals surface area contributed by atoms with Crippen molar-refractivity contribution in [3.8, 4) is 0 Å². The first-order valence-electron chi connectivity index (χ1n) is 5.85. The number of nitrogens with zero attached hydrogens (tertiary/aromatic N) is 1. The highest BCUT2D eigenvalue weighted by Gasteiger charge is 2.16. The summed E-state index contributed by atoms with van der Waals surface area (Å²) in [7, 11) is 1.76. The first-order chi connectivity index (χ1) is 7.77. The second kappa shape index (κ2) is 4.88. The van der Waals surface area contributed by atoms with Gasteiger partial charge >= 0.3 is 0 Å². The summed E-state index contributed by atoms with van der Waals surface area (Å²) in [5.41, 5.74) is 8.79. The topological polar surface area (TPSA) is 46.3 Å². The quantitative estimate of drug-likeness (QED) is 0.852. The molecule has 1 amide bonds. The van der Waals surface area contributed by atoms with E-state index in [1.54, 1.807) is 11.9 Å². The molecule has 1 rings (SSSR count). The highest BCUT2D eigenvalue weighted by atomic mass is 16.2. The minimum atomic E-state index is -0.0726. The van der Waals surface area contributed by atoms with E-state index in [0.29, 0.717) is 0 Å². The van der Waals surface area contributed by atoms with Crippen LogP contribution >= 0.6 is 0 Å². The minimum absolute atomic E-state index is 0.0387. The Labute approximate surface area is 104 Å². The molecule has 3 heteroatoms. The molecule has 0 aliphatic heterocycles. The predicted molar refractivity (Wildman–Crippen MR) is 72.3 cm³/mol. The number of carbonyl (C=O) groups is 1. The number of aryl methyl sites for hydroxylation is 1. The Kier molecular flexibility index (Phi) is 3.94. The van der Waals surface area contributed by atoms with Gasteiger partial charge in [-0.3, -0.25) is 4.79 Å². The average molecular weight is 234 g/mol. The summed E-state index contributed by atoms with van der Waals surface area (Å²) in [5, 5.41) is 0. The van der Waals surface area contributed by atoms with Gasteiger partial charge in [0.2, 0.25) is 5.91 Å². The molecule has 0 heterocycles. The van der Waals surface area contributed by atoms with E-state index in [2.05, 4.69) is 32.9 Å². The monoisotopic (exact) mass is 234 g/mol. The van der Waals surface area contributed by atoms with Crippen molar-refractivity contribution >= 4 is 11.6 Å². The highest BCUT2D eigenvalue weighted by Crippen LogP contribution is 2.27. The third kappa shape index (κ3) is 3.07. The lowest BCUT2D eigenvalue weighted by molar-refractivity contribution is -0.117. The molecular weight excluding hydrogens is 212 g/mol. The van der Waals surface area contributed by atoms with Crippen molar-refractivity contribution in [2.75, 3.05) is 18.5 Å². The highest BCUT2D eigenvalue weighted by molar-refractivity contribution is 5.94. The Balaban J connectivity index is 3.10. The van der Waals surface area contributed by atoms with Crippen LogP contribution < -0.4 is 10.6 Å². The summed E-state index contributed by atoms with van der Waals surface area (Å²) in [6.07, 6.45) is 0. The molecule has 1 aromatic rings. The van der Waals surface area contributed by atoms with E-state index in [9.17, 15) is 4.79 Å². The van der Waals surface area contributed by atoms with Crippen LogP contribution in [0.3, 0.4) is 0 Å². The molecule has 17 heavy (non-hydrogen) atoms. The molecule has 0 atom stereocenters. The smallest absolute Gasteiger partial charge is 0.240 e. The van der Waals surface area contributed by atoms with Gasteiger partial charge in [0.05, 0.1) is 6.54 Å². The van der Waals surface area contributed by atoms with Crippen LogP contribution in [0.4, 0.5) is 5.69 Å². The Morgan fingerprint density at radius 3 is 2.35 bits per heavy atom. The maximum Gasteiger partial charge on any atom is 0.240 e. The number of hydrogen-bond acceptors (Lipinski definition) is 2. The fourth-order valence-corrected chi connectivity index (χ4v) is 1.77. The molecule has 3 nitrogen and oxygen atoms in total. The van der Waals surface area contributed by atoms with E-state index in [0.717, 1.165) is 11.3 Å². The van der Waals surface area contributed by atoms with E-state index in [4.69, 9.17) is 5.73 Å². The number of amides is 1. The molecule has 0 bridgehead atoms. The summed E-state index contributed by atoms with van der Waals surface area (Å²) in [5.74, 6) is -0.0726. The van der Waals surface area contributed by atoms with Gasteiger partial charge in [-0.15, -0.1) is 0 Å². The lowest BCUT2D eigenvalue weighted by atomic mass is 9.86. The van der Waals surface area contributed by atoms with Crippen LogP contribution in [-0.4, -0.2) is 19.5 Å². The number of benzene rings is 1. The van der Waals surface area contributed by atoms with Gasteiger partial charge in [0.25, 0.3) is 0 Å². The molecular formula is C14H22N2O. The largest absolute Gasteiger partial charge is 0.322 e. The maximum atomic E-state index is 11.5. The van der Waals surface area contributed by atoms with E-state index in [1.807, 2.05) is 13.0 Å². The third-order valence-corrected chi connectivity index (χ3v) is 2.97. The van der Waals surface area contributed by atoms with Crippen LogP contribution in [0.5, 0.6) is 0 Å². The molecule has 1 aromatic carbocycles. The van der Waals surface area contributed by atoms with Crippen molar-refractivity contribution in [3.63, 3.8) is 0 Å². The molecule has 0 aliphatic rings. The molecule has 0 spiro atoms. The lowest BCUT2D eigenvalue weighted by Crippen LogP contribution is -2.33. The number of hydrogen-bond donors (Lipinski definition) is 1. The zero-order valence-electron chi connectivity index (χ0n) is 11.4. The van der Waals surface area contributed by atoms with Gasteiger partial charge in [0.1, 0.15) is 0 Å². The van der Waals surface area contributed by atoms with Gasteiger partial charge in [-0.05, 0) is 29.5 Å². The van der Waals surface area contributed by atoms with Gasteiger partial charge in [-0.1, -0.05) is 32.9 Å². The van der Waals surface area contributed by atoms with Gasteiger partial charge < -0.3 is 10.6 Å².